The van der Waals surface area contributed by atoms with Crippen LogP contribution in [-0.2, 0) is 10.0 Å². The van der Waals surface area contributed by atoms with Gasteiger partial charge in [0.1, 0.15) is 4.21 Å². The van der Waals surface area contributed by atoms with Gasteiger partial charge in [-0.25, -0.2) is 8.42 Å². The zero-order valence-corrected chi connectivity index (χ0v) is 14.0. The van der Waals surface area contributed by atoms with Gasteiger partial charge in [-0.05, 0) is 35.8 Å². The van der Waals surface area contributed by atoms with Crippen LogP contribution < -0.4 is 5.32 Å². The van der Waals surface area contributed by atoms with Crippen LogP contribution in [0.1, 0.15) is 13.8 Å². The minimum Gasteiger partial charge on any atom is -0.309 e. The summed E-state index contributed by atoms with van der Waals surface area (Å²) in [6.07, 6.45) is 0. The van der Waals surface area contributed by atoms with Crippen molar-refractivity contribution in [1.29, 1.82) is 0 Å². The van der Waals surface area contributed by atoms with Crippen molar-refractivity contribution < 1.29 is 8.42 Å². The molecule has 0 aromatic carbocycles. The smallest absolute Gasteiger partial charge is 0.252 e. The highest BCUT2D eigenvalue weighted by molar-refractivity contribution is 9.11. The molecule has 8 heteroatoms. The number of nitrogens with one attached hydrogen (secondary N) is 1. The van der Waals surface area contributed by atoms with Crippen molar-refractivity contribution in [1.82, 2.24) is 9.62 Å². The first kappa shape index (κ1) is 14.7. The second kappa shape index (κ2) is 5.38. The summed E-state index contributed by atoms with van der Waals surface area (Å²) in [6, 6.07) is 1.81. The predicted molar refractivity (Wildman–Crippen MR) is 77.8 cm³/mol. The molecule has 1 aromatic rings. The molecule has 1 aliphatic heterocycles. The number of piperazine rings is 1. The normalized spacial score (nSPS) is 26.4. The predicted octanol–water partition coefficient (Wildman–Crippen LogP) is 2.53. The van der Waals surface area contributed by atoms with Crippen LogP contribution in [-0.4, -0.2) is 37.9 Å². The van der Waals surface area contributed by atoms with Gasteiger partial charge in [0.25, 0.3) is 10.0 Å². The highest BCUT2D eigenvalue weighted by Crippen LogP contribution is 2.36. The summed E-state index contributed by atoms with van der Waals surface area (Å²) in [4.78, 5) is 0. The SMILES string of the molecule is CC1CN(S(=O)(=O)c2cc(Cl)c(Br)s2)CC(C)N1. The molecule has 2 rings (SSSR count). The van der Waals surface area contributed by atoms with Gasteiger partial charge in [-0.1, -0.05) is 11.6 Å². The molecule has 1 aromatic heterocycles. The third-order valence-corrected chi connectivity index (χ3v) is 7.50. The Labute approximate surface area is 124 Å². The van der Waals surface area contributed by atoms with Crippen LogP contribution in [0.25, 0.3) is 0 Å². The third kappa shape index (κ3) is 2.91. The van der Waals surface area contributed by atoms with Crippen LogP contribution in [0.5, 0.6) is 0 Å². The largest absolute Gasteiger partial charge is 0.309 e. The van der Waals surface area contributed by atoms with Gasteiger partial charge in [0.15, 0.2) is 0 Å². The van der Waals surface area contributed by atoms with E-state index in [1.807, 2.05) is 13.8 Å². The van der Waals surface area contributed by atoms with E-state index in [0.29, 0.717) is 26.1 Å². The first-order valence-corrected chi connectivity index (χ1v) is 8.94. The van der Waals surface area contributed by atoms with E-state index < -0.39 is 10.0 Å². The maximum absolute atomic E-state index is 12.5. The maximum Gasteiger partial charge on any atom is 0.252 e. The lowest BCUT2D eigenvalue weighted by atomic mass is 10.2. The fraction of sp³-hybridized carbons (Fsp3) is 0.600. The molecule has 2 unspecified atom stereocenters. The van der Waals surface area contributed by atoms with E-state index in [1.54, 1.807) is 0 Å². The number of hydrogen-bond donors (Lipinski definition) is 1. The molecule has 18 heavy (non-hydrogen) atoms. The Balaban J connectivity index is 2.30. The fourth-order valence-corrected chi connectivity index (χ4v) is 6.23. The number of sulfonamides is 1. The summed E-state index contributed by atoms with van der Waals surface area (Å²) in [6.45, 7) is 4.94. The molecule has 0 spiro atoms. The molecule has 1 aliphatic rings. The Hall–Kier alpha value is 0.340. The molecular weight excluding hydrogens is 360 g/mol. The zero-order chi connectivity index (χ0) is 13.5. The van der Waals surface area contributed by atoms with Crippen molar-refractivity contribution in [3.05, 3.63) is 14.9 Å². The molecule has 2 heterocycles. The molecule has 0 bridgehead atoms. The van der Waals surface area contributed by atoms with Gasteiger partial charge in [0.05, 0.1) is 8.81 Å². The molecule has 4 nitrogen and oxygen atoms in total. The minimum atomic E-state index is -3.43. The average molecular weight is 374 g/mol. The highest BCUT2D eigenvalue weighted by atomic mass is 79.9. The van der Waals surface area contributed by atoms with E-state index >= 15 is 0 Å². The lowest BCUT2D eigenvalue weighted by molar-refractivity contribution is 0.263. The van der Waals surface area contributed by atoms with Crippen molar-refractivity contribution in [2.24, 2.45) is 0 Å². The fourth-order valence-electron chi connectivity index (χ4n) is 2.05. The molecule has 0 radical (unpaired) electrons. The molecule has 2 atom stereocenters. The first-order chi connectivity index (χ1) is 8.30. The Bertz CT molecular complexity index is 517. The number of nitrogens with zero attached hydrogens (tertiary/aromatic N) is 1. The van der Waals surface area contributed by atoms with E-state index in [9.17, 15) is 8.42 Å². The first-order valence-electron chi connectivity index (χ1n) is 5.51. The van der Waals surface area contributed by atoms with Crippen LogP contribution in [0, 0.1) is 0 Å². The summed E-state index contributed by atoms with van der Waals surface area (Å²) in [5.41, 5.74) is 0. The molecule has 1 fully saturated rings. The van der Waals surface area contributed by atoms with Crippen molar-refractivity contribution in [2.45, 2.75) is 30.1 Å². The molecule has 1 saturated heterocycles. The summed E-state index contributed by atoms with van der Waals surface area (Å²) in [5, 5.41) is 3.75. The van der Waals surface area contributed by atoms with Gasteiger partial charge in [0, 0.05) is 25.2 Å². The lowest BCUT2D eigenvalue weighted by Crippen LogP contribution is -2.55. The monoisotopic (exact) mass is 372 g/mol. The molecule has 0 aliphatic carbocycles. The van der Waals surface area contributed by atoms with Gasteiger partial charge in [0.2, 0.25) is 0 Å². The molecular formula is C10H14BrClN2O2S2. The van der Waals surface area contributed by atoms with Gasteiger partial charge in [-0.3, -0.25) is 0 Å². The number of rotatable bonds is 2. The summed E-state index contributed by atoms with van der Waals surface area (Å²) in [7, 11) is -3.43. The second-order valence-electron chi connectivity index (χ2n) is 4.48. The summed E-state index contributed by atoms with van der Waals surface area (Å²) < 4.78 is 27.4. The lowest BCUT2D eigenvalue weighted by Gasteiger charge is -2.34. The standard InChI is InChI=1S/C10H14BrClN2O2S2/c1-6-4-14(5-7(2)13-6)18(15,16)9-3-8(12)10(11)17-9/h3,6-7,13H,4-5H2,1-2H3. The van der Waals surface area contributed by atoms with Crippen molar-refractivity contribution >= 4 is 48.9 Å². The third-order valence-electron chi connectivity index (χ3n) is 2.74. The zero-order valence-electron chi connectivity index (χ0n) is 9.98. The van der Waals surface area contributed by atoms with Crippen LogP contribution in [0.15, 0.2) is 14.1 Å². The van der Waals surface area contributed by atoms with E-state index in [0.717, 1.165) is 11.3 Å². The molecule has 102 valence electrons. The van der Waals surface area contributed by atoms with Crippen LogP contribution >= 0.6 is 38.9 Å². The van der Waals surface area contributed by atoms with Crippen LogP contribution in [0.4, 0.5) is 0 Å². The summed E-state index contributed by atoms with van der Waals surface area (Å²) in [5.74, 6) is 0. The Kier molecular flexibility index (Phi) is 4.40. The maximum atomic E-state index is 12.5. The topological polar surface area (TPSA) is 49.4 Å². The van der Waals surface area contributed by atoms with E-state index in [4.69, 9.17) is 11.6 Å². The Morgan fingerprint density at radius 2 is 2.00 bits per heavy atom. The summed E-state index contributed by atoms with van der Waals surface area (Å²) >= 11 is 10.3. The van der Waals surface area contributed by atoms with E-state index in [1.165, 1.54) is 10.4 Å². The quantitative estimate of drug-likeness (QED) is 0.866. The highest BCUT2D eigenvalue weighted by Gasteiger charge is 2.32. The number of halogens is 2. The van der Waals surface area contributed by atoms with Gasteiger partial charge >= 0.3 is 0 Å². The van der Waals surface area contributed by atoms with Crippen LogP contribution in [0.2, 0.25) is 5.02 Å². The van der Waals surface area contributed by atoms with Gasteiger partial charge < -0.3 is 5.32 Å². The molecule has 1 N–H and O–H groups in total. The van der Waals surface area contributed by atoms with Crippen molar-refractivity contribution in [3.8, 4) is 0 Å². The van der Waals surface area contributed by atoms with Gasteiger partial charge in [-0.2, -0.15) is 4.31 Å². The Morgan fingerprint density at radius 3 is 2.44 bits per heavy atom. The minimum absolute atomic E-state index is 0.155. The van der Waals surface area contributed by atoms with Gasteiger partial charge in [-0.15, -0.1) is 11.3 Å². The number of hydrogen-bond acceptors (Lipinski definition) is 4. The van der Waals surface area contributed by atoms with Crippen LogP contribution in [0.3, 0.4) is 0 Å². The van der Waals surface area contributed by atoms with Crippen molar-refractivity contribution in [2.75, 3.05) is 13.1 Å². The van der Waals surface area contributed by atoms with E-state index in [-0.39, 0.29) is 12.1 Å². The Morgan fingerprint density at radius 1 is 1.44 bits per heavy atom. The number of thiophene rings is 1. The van der Waals surface area contributed by atoms with E-state index in [2.05, 4.69) is 21.2 Å². The average Bonchev–Trinajstić information content (AvgIpc) is 2.58. The van der Waals surface area contributed by atoms with Crippen molar-refractivity contribution in [3.63, 3.8) is 0 Å². The second-order valence-corrected chi connectivity index (χ2v) is 9.42. The molecule has 0 saturated carbocycles. The molecule has 0 amide bonds.